The van der Waals surface area contributed by atoms with Crippen molar-refractivity contribution in [1.29, 1.82) is 0 Å². The maximum atomic E-state index is 4.32. The number of nitrogens with zero attached hydrogens (tertiary/aromatic N) is 2. The molecule has 1 aromatic carbocycles. The lowest BCUT2D eigenvalue weighted by Crippen LogP contribution is -2.18. The molecule has 0 aliphatic rings. The quantitative estimate of drug-likeness (QED) is 0.836. The minimum absolute atomic E-state index is 0.344. The van der Waals surface area contributed by atoms with Gasteiger partial charge in [-0.1, -0.05) is 12.1 Å². The predicted octanol–water partition coefficient (Wildman–Crippen LogP) is 3.01. The number of benzene rings is 1. The molecule has 0 amide bonds. The molecule has 4 heteroatoms. The lowest BCUT2D eigenvalue weighted by molar-refractivity contribution is 0.590. The van der Waals surface area contributed by atoms with Crippen LogP contribution in [-0.2, 0) is 13.0 Å². The highest BCUT2D eigenvalue weighted by Crippen LogP contribution is 2.19. The number of aromatic nitrogens is 2. The van der Waals surface area contributed by atoms with Crippen LogP contribution in [0.3, 0.4) is 0 Å². The van der Waals surface area contributed by atoms with E-state index in [1.807, 2.05) is 17.9 Å². The predicted molar refractivity (Wildman–Crippen MR) is 82.6 cm³/mol. The van der Waals surface area contributed by atoms with E-state index in [-0.39, 0.29) is 0 Å². The summed E-state index contributed by atoms with van der Waals surface area (Å²) in [6, 6.07) is 9.02. The van der Waals surface area contributed by atoms with Gasteiger partial charge >= 0.3 is 0 Å². The summed E-state index contributed by atoms with van der Waals surface area (Å²) in [6.07, 6.45) is 5.05. The fourth-order valence-electron chi connectivity index (χ4n) is 2.00. The smallest absolute Gasteiger partial charge is 0.0522 e. The highest BCUT2D eigenvalue weighted by atomic mass is 127. The maximum absolute atomic E-state index is 4.32. The molecule has 1 aromatic heterocycles. The van der Waals surface area contributed by atoms with Gasteiger partial charge in [0.15, 0.2) is 0 Å². The van der Waals surface area contributed by atoms with Crippen LogP contribution in [0.15, 0.2) is 36.7 Å². The Morgan fingerprint density at radius 3 is 2.61 bits per heavy atom. The van der Waals surface area contributed by atoms with Crippen molar-refractivity contribution in [3.8, 4) is 0 Å². The van der Waals surface area contributed by atoms with Gasteiger partial charge < -0.3 is 5.32 Å². The third-order valence-electron chi connectivity index (χ3n) is 3.07. The first-order valence-corrected chi connectivity index (χ1v) is 7.25. The van der Waals surface area contributed by atoms with Crippen LogP contribution < -0.4 is 5.32 Å². The van der Waals surface area contributed by atoms with Crippen molar-refractivity contribution < 1.29 is 0 Å². The summed E-state index contributed by atoms with van der Waals surface area (Å²) in [5.41, 5.74) is 2.59. The molecule has 0 fully saturated rings. The molecule has 2 aromatic rings. The fraction of sp³-hybridized carbons (Fsp3) is 0.357. The van der Waals surface area contributed by atoms with Crippen LogP contribution in [-0.4, -0.2) is 16.8 Å². The van der Waals surface area contributed by atoms with Crippen LogP contribution in [0.1, 0.15) is 24.1 Å². The lowest BCUT2D eigenvalue weighted by Gasteiger charge is -2.15. The molecule has 0 aliphatic heterocycles. The van der Waals surface area contributed by atoms with Gasteiger partial charge in [-0.2, -0.15) is 5.10 Å². The molecule has 18 heavy (non-hydrogen) atoms. The van der Waals surface area contributed by atoms with E-state index in [1.165, 1.54) is 14.7 Å². The Labute approximate surface area is 122 Å². The van der Waals surface area contributed by atoms with Gasteiger partial charge in [0, 0.05) is 22.4 Å². The van der Waals surface area contributed by atoms with E-state index >= 15 is 0 Å². The average molecular weight is 355 g/mol. The Balaban J connectivity index is 2.11. The lowest BCUT2D eigenvalue weighted by atomic mass is 10.0. The Bertz CT molecular complexity index is 490. The van der Waals surface area contributed by atoms with Crippen molar-refractivity contribution in [3.05, 3.63) is 51.4 Å². The molecule has 2 rings (SSSR count). The monoisotopic (exact) mass is 355 g/mol. The SMILES string of the molecule is CCn1cc(CC(NC)c2ccc(I)cc2)cn1. The maximum Gasteiger partial charge on any atom is 0.0522 e. The van der Waals surface area contributed by atoms with Crippen molar-refractivity contribution in [3.63, 3.8) is 0 Å². The van der Waals surface area contributed by atoms with Gasteiger partial charge in [0.2, 0.25) is 0 Å². The molecule has 96 valence electrons. The minimum Gasteiger partial charge on any atom is -0.313 e. The van der Waals surface area contributed by atoms with Crippen LogP contribution in [0.25, 0.3) is 0 Å². The summed E-state index contributed by atoms with van der Waals surface area (Å²) >= 11 is 2.33. The number of likely N-dealkylation sites (N-methyl/N-ethyl adjacent to an activating group) is 1. The zero-order valence-corrected chi connectivity index (χ0v) is 12.9. The number of rotatable bonds is 5. The van der Waals surface area contributed by atoms with E-state index in [1.54, 1.807) is 0 Å². The first-order chi connectivity index (χ1) is 8.72. The van der Waals surface area contributed by atoms with Crippen LogP contribution in [0.2, 0.25) is 0 Å². The highest BCUT2D eigenvalue weighted by molar-refractivity contribution is 14.1. The van der Waals surface area contributed by atoms with E-state index < -0.39 is 0 Å². The van der Waals surface area contributed by atoms with Crippen LogP contribution in [0, 0.1) is 3.57 Å². The normalized spacial score (nSPS) is 12.6. The summed E-state index contributed by atoms with van der Waals surface area (Å²) in [7, 11) is 2.01. The Morgan fingerprint density at radius 1 is 1.33 bits per heavy atom. The number of halogens is 1. The van der Waals surface area contributed by atoms with Crippen LogP contribution in [0.5, 0.6) is 0 Å². The molecular formula is C14H18IN3. The van der Waals surface area contributed by atoms with Crippen molar-refractivity contribution in [2.75, 3.05) is 7.05 Å². The van der Waals surface area contributed by atoms with E-state index in [9.17, 15) is 0 Å². The molecule has 0 spiro atoms. The Hall–Kier alpha value is -0.880. The fourth-order valence-corrected chi connectivity index (χ4v) is 2.36. The third-order valence-corrected chi connectivity index (χ3v) is 3.79. The Morgan fingerprint density at radius 2 is 2.06 bits per heavy atom. The number of hydrogen-bond acceptors (Lipinski definition) is 2. The van der Waals surface area contributed by atoms with Crippen LogP contribution in [0.4, 0.5) is 0 Å². The molecule has 0 bridgehead atoms. The molecule has 3 nitrogen and oxygen atoms in total. The molecule has 1 N–H and O–H groups in total. The summed E-state index contributed by atoms with van der Waals surface area (Å²) in [6.45, 7) is 3.03. The van der Waals surface area contributed by atoms with Gasteiger partial charge in [-0.25, -0.2) is 0 Å². The summed E-state index contributed by atoms with van der Waals surface area (Å²) in [5.74, 6) is 0. The second kappa shape index (κ2) is 6.33. The molecule has 1 unspecified atom stereocenters. The van der Waals surface area contributed by atoms with Crippen molar-refractivity contribution >= 4 is 22.6 Å². The molecule has 1 heterocycles. The van der Waals surface area contributed by atoms with E-state index in [0.717, 1.165) is 13.0 Å². The van der Waals surface area contributed by atoms with Gasteiger partial charge in [0.25, 0.3) is 0 Å². The largest absolute Gasteiger partial charge is 0.313 e. The second-order valence-corrected chi connectivity index (χ2v) is 5.55. The van der Waals surface area contributed by atoms with Gasteiger partial charge in [-0.05, 0) is 66.2 Å². The van der Waals surface area contributed by atoms with Crippen LogP contribution >= 0.6 is 22.6 Å². The van der Waals surface area contributed by atoms with E-state index in [2.05, 4.69) is 70.4 Å². The zero-order chi connectivity index (χ0) is 13.0. The first-order valence-electron chi connectivity index (χ1n) is 6.17. The average Bonchev–Trinajstić information content (AvgIpc) is 2.85. The molecule has 0 saturated heterocycles. The molecule has 0 saturated carbocycles. The highest BCUT2D eigenvalue weighted by Gasteiger charge is 2.11. The van der Waals surface area contributed by atoms with Crippen molar-refractivity contribution in [2.45, 2.75) is 25.9 Å². The summed E-state index contributed by atoms with van der Waals surface area (Å²) < 4.78 is 3.24. The standard InChI is InChI=1S/C14H18IN3/c1-3-18-10-11(9-17-18)8-14(16-2)12-4-6-13(15)7-5-12/h4-7,9-10,14,16H,3,8H2,1-2H3. The van der Waals surface area contributed by atoms with E-state index in [4.69, 9.17) is 0 Å². The number of aryl methyl sites for hydroxylation is 1. The van der Waals surface area contributed by atoms with Gasteiger partial charge in [-0.15, -0.1) is 0 Å². The number of hydrogen-bond donors (Lipinski definition) is 1. The molecule has 0 aliphatic carbocycles. The second-order valence-electron chi connectivity index (χ2n) is 4.30. The molecule has 0 radical (unpaired) electrons. The van der Waals surface area contributed by atoms with Gasteiger partial charge in [-0.3, -0.25) is 4.68 Å². The third kappa shape index (κ3) is 3.32. The summed E-state index contributed by atoms with van der Waals surface area (Å²) in [4.78, 5) is 0. The van der Waals surface area contributed by atoms with E-state index in [0.29, 0.717) is 6.04 Å². The minimum atomic E-state index is 0.344. The first kappa shape index (κ1) is 13.5. The zero-order valence-electron chi connectivity index (χ0n) is 10.7. The topological polar surface area (TPSA) is 29.9 Å². The van der Waals surface area contributed by atoms with Gasteiger partial charge in [0.1, 0.15) is 0 Å². The molecule has 1 atom stereocenters. The van der Waals surface area contributed by atoms with Crippen molar-refractivity contribution in [2.24, 2.45) is 0 Å². The number of nitrogens with one attached hydrogen (secondary N) is 1. The van der Waals surface area contributed by atoms with Gasteiger partial charge in [0.05, 0.1) is 6.20 Å². The molecular weight excluding hydrogens is 337 g/mol. The summed E-state index contributed by atoms with van der Waals surface area (Å²) in [5, 5.41) is 7.69. The van der Waals surface area contributed by atoms with Crippen molar-refractivity contribution in [1.82, 2.24) is 15.1 Å². The Kier molecular flexibility index (Phi) is 4.77.